The summed E-state index contributed by atoms with van der Waals surface area (Å²) < 4.78 is 4.70. The lowest BCUT2D eigenvalue weighted by atomic mass is 10.1. The maximum Gasteiger partial charge on any atom is 0.337 e. The Morgan fingerprint density at radius 2 is 2.26 bits per heavy atom. The van der Waals surface area contributed by atoms with Gasteiger partial charge in [-0.3, -0.25) is 0 Å². The number of rotatable bonds is 6. The molecule has 0 heterocycles. The maximum absolute atomic E-state index is 11.5. The highest BCUT2D eigenvalue weighted by Crippen LogP contribution is 2.25. The molecule has 104 valence electrons. The van der Waals surface area contributed by atoms with E-state index in [1.165, 1.54) is 20.0 Å². The Kier molecular flexibility index (Phi) is 4.27. The molecule has 0 amide bonds. The summed E-state index contributed by atoms with van der Waals surface area (Å²) in [6.45, 7) is 1.77. The van der Waals surface area contributed by atoms with Crippen LogP contribution in [0.25, 0.3) is 0 Å². The van der Waals surface area contributed by atoms with Crippen LogP contribution in [-0.2, 0) is 4.74 Å². The third kappa shape index (κ3) is 3.61. The van der Waals surface area contributed by atoms with Crippen molar-refractivity contribution in [3.63, 3.8) is 0 Å². The molecule has 0 atom stereocenters. The van der Waals surface area contributed by atoms with Gasteiger partial charge in [-0.05, 0) is 38.1 Å². The van der Waals surface area contributed by atoms with Crippen LogP contribution in [0.1, 0.15) is 23.2 Å². The summed E-state index contributed by atoms with van der Waals surface area (Å²) in [6, 6.07) is 5.88. The number of carbonyl (C=O) groups is 1. The normalized spacial score (nSPS) is 14.5. The lowest BCUT2D eigenvalue weighted by molar-refractivity contribution is 0.0601. The quantitative estimate of drug-likeness (QED) is 0.602. The summed E-state index contributed by atoms with van der Waals surface area (Å²) in [5, 5.41) is 3.27. The highest BCUT2D eigenvalue weighted by molar-refractivity contribution is 5.91. The molecule has 2 rings (SSSR count). The second-order valence-corrected chi connectivity index (χ2v) is 4.93. The summed E-state index contributed by atoms with van der Waals surface area (Å²) >= 11 is 0. The van der Waals surface area contributed by atoms with Crippen LogP contribution in [0.2, 0.25) is 0 Å². The molecule has 1 fully saturated rings. The topological polar surface area (TPSA) is 67.6 Å². The lowest BCUT2D eigenvalue weighted by Crippen LogP contribution is -2.27. The number of methoxy groups -OCH3 is 1. The van der Waals surface area contributed by atoms with Gasteiger partial charge in [0.2, 0.25) is 0 Å². The van der Waals surface area contributed by atoms with Gasteiger partial charge in [0.05, 0.1) is 24.0 Å². The Labute approximate surface area is 113 Å². The van der Waals surface area contributed by atoms with E-state index in [0.29, 0.717) is 11.3 Å². The molecule has 5 nitrogen and oxygen atoms in total. The molecule has 0 saturated heterocycles. The van der Waals surface area contributed by atoms with Crippen molar-refractivity contribution in [1.82, 2.24) is 4.90 Å². The minimum atomic E-state index is -0.349. The van der Waals surface area contributed by atoms with E-state index in [1.54, 1.807) is 18.2 Å². The molecule has 0 bridgehead atoms. The molecular weight excluding hydrogens is 242 g/mol. The van der Waals surface area contributed by atoms with Crippen molar-refractivity contribution in [2.75, 3.05) is 38.3 Å². The molecule has 1 aliphatic carbocycles. The molecule has 1 aromatic carbocycles. The van der Waals surface area contributed by atoms with E-state index >= 15 is 0 Å². The number of benzene rings is 1. The summed E-state index contributed by atoms with van der Waals surface area (Å²) in [5.74, 6) is -0.349. The first kappa shape index (κ1) is 13.7. The van der Waals surface area contributed by atoms with Crippen molar-refractivity contribution < 1.29 is 9.53 Å². The van der Waals surface area contributed by atoms with Gasteiger partial charge < -0.3 is 20.7 Å². The molecule has 0 aromatic heterocycles. The van der Waals surface area contributed by atoms with Crippen LogP contribution in [0.4, 0.5) is 11.4 Å². The van der Waals surface area contributed by atoms with Gasteiger partial charge in [0, 0.05) is 19.1 Å². The number of nitrogens with two attached hydrogens (primary N) is 1. The van der Waals surface area contributed by atoms with Gasteiger partial charge in [-0.15, -0.1) is 0 Å². The van der Waals surface area contributed by atoms with Crippen LogP contribution in [-0.4, -0.2) is 44.2 Å². The van der Waals surface area contributed by atoms with Crippen LogP contribution < -0.4 is 11.1 Å². The van der Waals surface area contributed by atoms with Crippen molar-refractivity contribution in [2.45, 2.75) is 18.9 Å². The van der Waals surface area contributed by atoms with Gasteiger partial charge >= 0.3 is 5.97 Å². The number of esters is 1. The molecule has 0 unspecified atom stereocenters. The summed E-state index contributed by atoms with van der Waals surface area (Å²) in [5.41, 5.74) is 7.83. The van der Waals surface area contributed by atoms with Crippen LogP contribution in [0.15, 0.2) is 18.2 Å². The van der Waals surface area contributed by atoms with Crippen molar-refractivity contribution in [3.05, 3.63) is 23.8 Å². The molecule has 0 aliphatic heterocycles. The number of likely N-dealkylation sites (N-methyl/N-ethyl adjacent to an activating group) is 1. The molecule has 3 N–H and O–H groups in total. The van der Waals surface area contributed by atoms with E-state index in [9.17, 15) is 4.79 Å². The van der Waals surface area contributed by atoms with Crippen molar-refractivity contribution in [1.29, 1.82) is 0 Å². The van der Waals surface area contributed by atoms with E-state index in [2.05, 4.69) is 17.3 Å². The zero-order valence-electron chi connectivity index (χ0n) is 11.5. The largest absolute Gasteiger partial charge is 0.465 e. The maximum atomic E-state index is 11.5. The van der Waals surface area contributed by atoms with E-state index in [4.69, 9.17) is 10.5 Å². The average Bonchev–Trinajstić information content (AvgIpc) is 3.24. The van der Waals surface area contributed by atoms with Gasteiger partial charge in [0.15, 0.2) is 0 Å². The second kappa shape index (κ2) is 5.93. The van der Waals surface area contributed by atoms with Crippen molar-refractivity contribution in [3.8, 4) is 0 Å². The number of anilines is 2. The Morgan fingerprint density at radius 3 is 2.89 bits per heavy atom. The Balaban J connectivity index is 1.92. The van der Waals surface area contributed by atoms with Crippen LogP contribution in [0.3, 0.4) is 0 Å². The first-order valence-electron chi connectivity index (χ1n) is 6.53. The van der Waals surface area contributed by atoms with E-state index in [0.717, 1.165) is 24.8 Å². The number of hydrogen-bond donors (Lipinski definition) is 2. The number of ether oxygens (including phenoxy) is 1. The Bertz CT molecular complexity index is 458. The third-order valence-corrected chi connectivity index (χ3v) is 3.42. The second-order valence-electron chi connectivity index (χ2n) is 4.93. The fraction of sp³-hybridized carbons (Fsp3) is 0.500. The zero-order valence-corrected chi connectivity index (χ0v) is 11.5. The smallest absolute Gasteiger partial charge is 0.337 e. The summed E-state index contributed by atoms with van der Waals surface area (Å²) in [4.78, 5) is 13.8. The average molecular weight is 263 g/mol. The number of carbonyl (C=O) groups excluding carboxylic acids is 1. The van der Waals surface area contributed by atoms with Crippen molar-refractivity contribution >= 4 is 17.3 Å². The van der Waals surface area contributed by atoms with E-state index < -0.39 is 0 Å². The zero-order chi connectivity index (χ0) is 13.8. The van der Waals surface area contributed by atoms with E-state index in [1.807, 2.05) is 0 Å². The van der Waals surface area contributed by atoms with Gasteiger partial charge in [-0.1, -0.05) is 0 Å². The fourth-order valence-corrected chi connectivity index (χ4v) is 2.02. The highest BCUT2D eigenvalue weighted by atomic mass is 16.5. The third-order valence-electron chi connectivity index (χ3n) is 3.42. The minimum absolute atomic E-state index is 0.349. The molecule has 0 radical (unpaired) electrons. The number of hydrogen-bond acceptors (Lipinski definition) is 5. The van der Waals surface area contributed by atoms with Gasteiger partial charge in [0.1, 0.15) is 0 Å². The predicted octanol–water partition coefficient (Wildman–Crippen LogP) is 1.56. The standard InChI is InChI=1S/C14H21N3O2/c1-17(11-4-5-11)8-7-16-13-9-10(14(18)19-2)3-6-12(13)15/h3,6,9,11,16H,4-5,7-8,15H2,1-2H3. The van der Waals surface area contributed by atoms with Crippen LogP contribution in [0, 0.1) is 0 Å². The first-order valence-corrected chi connectivity index (χ1v) is 6.53. The first-order chi connectivity index (χ1) is 9.11. The van der Waals surface area contributed by atoms with Crippen LogP contribution >= 0.6 is 0 Å². The van der Waals surface area contributed by atoms with E-state index in [-0.39, 0.29) is 5.97 Å². The molecule has 1 aromatic rings. The highest BCUT2D eigenvalue weighted by Gasteiger charge is 2.25. The number of nitrogens with zero attached hydrogens (tertiary/aromatic N) is 1. The monoisotopic (exact) mass is 263 g/mol. The SMILES string of the molecule is COC(=O)c1ccc(N)c(NCCN(C)C2CC2)c1. The van der Waals surface area contributed by atoms with Gasteiger partial charge in [-0.25, -0.2) is 4.79 Å². The lowest BCUT2D eigenvalue weighted by Gasteiger charge is -2.17. The van der Waals surface area contributed by atoms with Crippen LogP contribution in [0.5, 0.6) is 0 Å². The van der Waals surface area contributed by atoms with Gasteiger partial charge in [0.25, 0.3) is 0 Å². The fourth-order valence-electron chi connectivity index (χ4n) is 2.02. The molecule has 1 saturated carbocycles. The predicted molar refractivity (Wildman–Crippen MR) is 76.3 cm³/mol. The summed E-state index contributed by atoms with van der Waals surface area (Å²) in [6.07, 6.45) is 2.60. The van der Waals surface area contributed by atoms with Crippen molar-refractivity contribution in [2.24, 2.45) is 0 Å². The molecular formula is C14H21N3O2. The number of nitrogen functional groups attached to an aromatic ring is 1. The number of nitrogens with one attached hydrogen (secondary N) is 1. The molecule has 19 heavy (non-hydrogen) atoms. The summed E-state index contributed by atoms with van der Waals surface area (Å²) in [7, 11) is 3.50. The minimum Gasteiger partial charge on any atom is -0.465 e. The molecule has 5 heteroatoms. The molecule has 1 aliphatic rings. The Morgan fingerprint density at radius 1 is 1.53 bits per heavy atom. The van der Waals surface area contributed by atoms with Gasteiger partial charge in [-0.2, -0.15) is 0 Å². The molecule has 0 spiro atoms. The Hall–Kier alpha value is -1.75.